The van der Waals surface area contributed by atoms with Crippen LogP contribution in [0.25, 0.3) is 0 Å². The quantitative estimate of drug-likeness (QED) is 0.802. The van der Waals surface area contributed by atoms with E-state index >= 15 is 0 Å². The first kappa shape index (κ1) is 15.6. The molecule has 0 amide bonds. The number of nitrogens with one attached hydrogen (secondary N) is 1. The Balaban J connectivity index is 2.34. The summed E-state index contributed by atoms with van der Waals surface area (Å²) in [5, 5.41) is 4.57. The van der Waals surface area contributed by atoms with Gasteiger partial charge in [0.2, 0.25) is 0 Å². The summed E-state index contributed by atoms with van der Waals surface area (Å²) in [5.74, 6) is -0.299. The molecular weight excluding hydrogens is 320 g/mol. The molecule has 0 spiro atoms. The molecule has 0 heterocycles. The van der Waals surface area contributed by atoms with Crippen LogP contribution in [0.15, 0.2) is 36.4 Å². The van der Waals surface area contributed by atoms with Gasteiger partial charge in [0, 0.05) is 16.6 Å². The minimum Gasteiger partial charge on any atom is -0.313 e. The van der Waals surface area contributed by atoms with Crippen molar-refractivity contribution in [1.82, 2.24) is 5.32 Å². The van der Waals surface area contributed by atoms with Gasteiger partial charge in [0.05, 0.1) is 10.0 Å². The Morgan fingerprint density at radius 1 is 1.15 bits per heavy atom. The first-order valence-corrected chi connectivity index (χ1v) is 7.21. The second-order valence-electron chi connectivity index (χ2n) is 4.42. The molecule has 5 heteroatoms. The van der Waals surface area contributed by atoms with Crippen LogP contribution in [0.2, 0.25) is 15.1 Å². The molecule has 1 N–H and O–H groups in total. The van der Waals surface area contributed by atoms with E-state index < -0.39 is 0 Å². The van der Waals surface area contributed by atoms with Crippen molar-refractivity contribution in [3.05, 3.63) is 68.4 Å². The number of likely N-dealkylation sites (N-methyl/N-ethyl adjacent to an activating group) is 1. The molecule has 20 heavy (non-hydrogen) atoms. The van der Waals surface area contributed by atoms with Gasteiger partial charge in [0.25, 0.3) is 0 Å². The van der Waals surface area contributed by atoms with E-state index in [-0.39, 0.29) is 11.9 Å². The van der Waals surface area contributed by atoms with Gasteiger partial charge in [-0.3, -0.25) is 0 Å². The molecule has 0 saturated carbocycles. The fourth-order valence-electron chi connectivity index (χ4n) is 2.08. The third-order valence-electron chi connectivity index (χ3n) is 3.14. The highest BCUT2D eigenvalue weighted by atomic mass is 35.5. The summed E-state index contributed by atoms with van der Waals surface area (Å²) in [6.07, 6.45) is 0.521. The van der Waals surface area contributed by atoms with Crippen molar-refractivity contribution in [2.45, 2.75) is 12.5 Å². The van der Waals surface area contributed by atoms with Crippen LogP contribution in [0.3, 0.4) is 0 Å². The summed E-state index contributed by atoms with van der Waals surface area (Å²) in [6.45, 7) is 0. The van der Waals surface area contributed by atoms with Crippen molar-refractivity contribution in [3.63, 3.8) is 0 Å². The molecule has 0 aliphatic carbocycles. The molecule has 2 rings (SSSR count). The Morgan fingerprint density at radius 2 is 1.90 bits per heavy atom. The summed E-state index contributed by atoms with van der Waals surface area (Å²) in [5.41, 5.74) is 1.37. The Bertz CT molecular complexity index is 616. The van der Waals surface area contributed by atoms with E-state index in [9.17, 15) is 4.39 Å². The fraction of sp³-hybridized carbons (Fsp3) is 0.200. The van der Waals surface area contributed by atoms with Crippen molar-refractivity contribution < 1.29 is 4.39 Å². The molecule has 2 aromatic rings. The number of rotatable bonds is 4. The maximum absolute atomic E-state index is 13.9. The Kier molecular flexibility index (Phi) is 5.28. The summed E-state index contributed by atoms with van der Waals surface area (Å²) >= 11 is 18.1. The lowest BCUT2D eigenvalue weighted by Crippen LogP contribution is -2.20. The monoisotopic (exact) mass is 331 g/mol. The average molecular weight is 333 g/mol. The zero-order valence-corrected chi connectivity index (χ0v) is 13.0. The van der Waals surface area contributed by atoms with Crippen LogP contribution in [-0.2, 0) is 6.42 Å². The highest BCUT2D eigenvalue weighted by Gasteiger charge is 2.17. The van der Waals surface area contributed by atoms with Crippen molar-refractivity contribution in [2.75, 3.05) is 7.05 Å². The van der Waals surface area contributed by atoms with E-state index in [1.54, 1.807) is 19.2 Å². The lowest BCUT2D eigenvalue weighted by Gasteiger charge is -2.18. The average Bonchev–Trinajstić information content (AvgIpc) is 2.43. The summed E-state index contributed by atoms with van der Waals surface area (Å²) in [7, 11) is 1.77. The summed E-state index contributed by atoms with van der Waals surface area (Å²) < 4.78 is 13.9. The van der Waals surface area contributed by atoms with Gasteiger partial charge in [0.1, 0.15) is 5.82 Å². The lowest BCUT2D eigenvalue weighted by molar-refractivity contribution is 0.534. The zero-order chi connectivity index (χ0) is 14.7. The molecule has 0 aliphatic rings. The predicted octanol–water partition coefficient (Wildman–Crippen LogP) is 5.29. The van der Waals surface area contributed by atoms with Crippen molar-refractivity contribution in [2.24, 2.45) is 0 Å². The third kappa shape index (κ3) is 3.44. The highest BCUT2D eigenvalue weighted by molar-refractivity contribution is 6.42. The standard InChI is InChI=1S/C15H13Cl3FN/c1-20-14(11-8-10(16)5-6-13(11)19)7-9-3-2-4-12(17)15(9)18/h2-6,8,14,20H,7H2,1H3. The molecule has 0 bridgehead atoms. The number of halogens is 4. The molecule has 106 valence electrons. The predicted molar refractivity (Wildman–Crippen MR) is 83.4 cm³/mol. The van der Waals surface area contributed by atoms with Crippen LogP contribution in [0.5, 0.6) is 0 Å². The SMILES string of the molecule is CNC(Cc1cccc(Cl)c1Cl)c1cc(Cl)ccc1F. The van der Waals surface area contributed by atoms with Crippen molar-refractivity contribution >= 4 is 34.8 Å². The van der Waals surface area contributed by atoms with Crippen LogP contribution in [-0.4, -0.2) is 7.05 Å². The van der Waals surface area contributed by atoms with Crippen LogP contribution in [0.1, 0.15) is 17.2 Å². The molecule has 0 saturated heterocycles. The van der Waals surface area contributed by atoms with Gasteiger partial charge in [0.15, 0.2) is 0 Å². The lowest BCUT2D eigenvalue weighted by atomic mass is 9.98. The van der Waals surface area contributed by atoms with Gasteiger partial charge < -0.3 is 5.32 Å². The van der Waals surface area contributed by atoms with Crippen molar-refractivity contribution in [3.8, 4) is 0 Å². The largest absolute Gasteiger partial charge is 0.313 e. The third-order valence-corrected chi connectivity index (χ3v) is 4.23. The summed E-state index contributed by atoms with van der Waals surface area (Å²) in [4.78, 5) is 0. The highest BCUT2D eigenvalue weighted by Crippen LogP contribution is 2.30. The first-order chi connectivity index (χ1) is 9.52. The fourth-order valence-corrected chi connectivity index (χ4v) is 2.65. The number of benzene rings is 2. The van der Waals surface area contributed by atoms with E-state index in [4.69, 9.17) is 34.8 Å². The number of hydrogen-bond donors (Lipinski definition) is 1. The number of hydrogen-bond acceptors (Lipinski definition) is 1. The normalized spacial score (nSPS) is 12.4. The van der Waals surface area contributed by atoms with Gasteiger partial charge in [-0.1, -0.05) is 46.9 Å². The topological polar surface area (TPSA) is 12.0 Å². The van der Waals surface area contributed by atoms with Gasteiger partial charge in [-0.25, -0.2) is 4.39 Å². The molecule has 1 atom stereocenters. The maximum Gasteiger partial charge on any atom is 0.128 e. The molecular formula is C15H13Cl3FN. The zero-order valence-electron chi connectivity index (χ0n) is 10.8. The van der Waals surface area contributed by atoms with Crippen LogP contribution in [0, 0.1) is 5.82 Å². The van der Waals surface area contributed by atoms with E-state index in [0.717, 1.165) is 5.56 Å². The van der Waals surface area contributed by atoms with Gasteiger partial charge >= 0.3 is 0 Å². The first-order valence-electron chi connectivity index (χ1n) is 6.08. The minimum atomic E-state index is -0.299. The van der Waals surface area contributed by atoms with Gasteiger partial charge in [-0.2, -0.15) is 0 Å². The van der Waals surface area contributed by atoms with E-state index in [2.05, 4.69) is 5.32 Å². The molecule has 1 unspecified atom stereocenters. The minimum absolute atomic E-state index is 0.232. The Hall–Kier alpha value is -0.800. The van der Waals surface area contributed by atoms with E-state index in [0.29, 0.717) is 27.1 Å². The van der Waals surface area contributed by atoms with Gasteiger partial charge in [-0.05, 0) is 43.3 Å². The second-order valence-corrected chi connectivity index (χ2v) is 5.65. The molecule has 1 nitrogen and oxygen atoms in total. The molecule has 2 aromatic carbocycles. The summed E-state index contributed by atoms with van der Waals surface area (Å²) in [6, 6.07) is 9.70. The molecule has 0 aliphatic heterocycles. The smallest absolute Gasteiger partial charge is 0.128 e. The van der Waals surface area contributed by atoms with Crippen molar-refractivity contribution in [1.29, 1.82) is 0 Å². The Labute approximate surface area is 132 Å². The molecule has 0 aromatic heterocycles. The van der Waals surface area contributed by atoms with E-state index in [1.165, 1.54) is 12.1 Å². The van der Waals surface area contributed by atoms with Crippen LogP contribution in [0.4, 0.5) is 4.39 Å². The van der Waals surface area contributed by atoms with Crippen LogP contribution < -0.4 is 5.32 Å². The van der Waals surface area contributed by atoms with E-state index in [1.807, 2.05) is 12.1 Å². The molecule has 0 fully saturated rings. The molecule has 0 radical (unpaired) electrons. The van der Waals surface area contributed by atoms with Gasteiger partial charge in [-0.15, -0.1) is 0 Å². The maximum atomic E-state index is 13.9. The Morgan fingerprint density at radius 3 is 2.60 bits per heavy atom. The second kappa shape index (κ2) is 6.77. The van der Waals surface area contributed by atoms with Crippen LogP contribution >= 0.6 is 34.8 Å².